The minimum atomic E-state index is -2.86. The number of alkyl halides is 3. The molecule has 106 valence electrons. The summed E-state index contributed by atoms with van der Waals surface area (Å²) in [6.45, 7) is 0.0270. The van der Waals surface area contributed by atoms with Gasteiger partial charge in [0.25, 0.3) is 5.92 Å². The first-order valence-corrected chi connectivity index (χ1v) is 6.93. The van der Waals surface area contributed by atoms with Gasteiger partial charge in [0.2, 0.25) is 0 Å². The first-order valence-electron chi connectivity index (χ1n) is 6.40. The van der Waals surface area contributed by atoms with E-state index in [0.29, 0.717) is 12.4 Å². The van der Waals surface area contributed by atoms with Crippen molar-refractivity contribution in [2.24, 2.45) is 0 Å². The third kappa shape index (κ3) is 4.02. The predicted octanol–water partition coefficient (Wildman–Crippen LogP) is 4.31. The smallest absolute Gasteiger partial charge is 0.285 e. The maximum Gasteiger partial charge on any atom is 0.285 e. The van der Waals surface area contributed by atoms with Crippen LogP contribution >= 0.6 is 11.6 Å². The average Bonchev–Trinajstić information content (AvgIpc) is 2.49. The molecule has 0 radical (unpaired) electrons. The number of nitrogens with one attached hydrogen (secondary N) is 1. The molecule has 0 fully saturated rings. The van der Waals surface area contributed by atoms with Crippen LogP contribution in [0.1, 0.15) is 16.7 Å². The molecule has 0 aliphatic heterocycles. The Morgan fingerprint density at radius 2 is 1.50 bits per heavy atom. The fourth-order valence-corrected chi connectivity index (χ4v) is 2.07. The molecule has 0 aromatic heterocycles. The highest BCUT2D eigenvalue weighted by Gasteiger charge is 2.30. The van der Waals surface area contributed by atoms with E-state index in [2.05, 4.69) is 5.32 Å². The first-order chi connectivity index (χ1) is 9.62. The van der Waals surface area contributed by atoms with E-state index in [4.69, 9.17) is 11.6 Å². The van der Waals surface area contributed by atoms with Crippen LogP contribution in [0.15, 0.2) is 54.6 Å². The van der Waals surface area contributed by atoms with E-state index < -0.39 is 5.92 Å². The van der Waals surface area contributed by atoms with Crippen molar-refractivity contribution in [3.8, 4) is 0 Å². The van der Waals surface area contributed by atoms with Gasteiger partial charge in [-0.05, 0) is 11.1 Å². The molecule has 0 bridgehead atoms. The van der Waals surface area contributed by atoms with Crippen LogP contribution in [0.4, 0.5) is 8.78 Å². The largest absolute Gasteiger partial charge is 0.307 e. The molecule has 0 heterocycles. The number of hydrogen-bond acceptors (Lipinski definition) is 1. The van der Waals surface area contributed by atoms with E-state index in [1.165, 1.54) is 12.1 Å². The van der Waals surface area contributed by atoms with Crippen LogP contribution in [0.25, 0.3) is 0 Å². The van der Waals surface area contributed by atoms with Gasteiger partial charge < -0.3 is 5.32 Å². The molecular weight excluding hydrogens is 280 g/mol. The highest BCUT2D eigenvalue weighted by Crippen LogP contribution is 2.26. The fraction of sp³-hybridized carbons (Fsp3) is 0.250. The summed E-state index contributed by atoms with van der Waals surface area (Å²) in [7, 11) is 0. The van der Waals surface area contributed by atoms with Gasteiger partial charge in [0.1, 0.15) is 0 Å². The summed E-state index contributed by atoms with van der Waals surface area (Å²) in [6.07, 6.45) is 0. The summed E-state index contributed by atoms with van der Waals surface area (Å²) >= 11 is 5.70. The Labute approximate surface area is 122 Å². The predicted molar refractivity (Wildman–Crippen MR) is 78.0 cm³/mol. The van der Waals surface area contributed by atoms with Gasteiger partial charge in [0, 0.05) is 18.0 Å². The molecule has 0 unspecified atom stereocenters. The lowest BCUT2D eigenvalue weighted by atomic mass is 10.1. The van der Waals surface area contributed by atoms with Gasteiger partial charge in [0.05, 0.1) is 6.54 Å². The molecule has 2 rings (SSSR count). The van der Waals surface area contributed by atoms with E-state index >= 15 is 0 Å². The van der Waals surface area contributed by atoms with Crippen molar-refractivity contribution in [3.05, 3.63) is 71.3 Å². The van der Waals surface area contributed by atoms with Gasteiger partial charge in [-0.3, -0.25) is 0 Å². The second-order valence-corrected chi connectivity index (χ2v) is 4.89. The second-order valence-electron chi connectivity index (χ2n) is 4.62. The Balaban J connectivity index is 1.88. The average molecular weight is 296 g/mol. The van der Waals surface area contributed by atoms with Gasteiger partial charge in [0.15, 0.2) is 0 Å². The van der Waals surface area contributed by atoms with Gasteiger partial charge in [-0.15, -0.1) is 11.6 Å². The molecule has 0 saturated heterocycles. The maximum atomic E-state index is 13.9. The van der Waals surface area contributed by atoms with E-state index in [-0.39, 0.29) is 12.1 Å². The molecular formula is C16H16ClF2N. The Morgan fingerprint density at radius 1 is 0.900 bits per heavy atom. The van der Waals surface area contributed by atoms with Crippen molar-refractivity contribution in [2.45, 2.75) is 18.3 Å². The zero-order chi connectivity index (χ0) is 14.4. The molecule has 0 aliphatic rings. The molecule has 2 aromatic carbocycles. The van der Waals surface area contributed by atoms with Gasteiger partial charge in [-0.25, -0.2) is 0 Å². The van der Waals surface area contributed by atoms with Crippen LogP contribution in [-0.2, 0) is 18.3 Å². The number of hydrogen-bond donors (Lipinski definition) is 1. The Morgan fingerprint density at radius 3 is 2.10 bits per heavy atom. The van der Waals surface area contributed by atoms with Gasteiger partial charge in [-0.1, -0.05) is 54.6 Å². The molecule has 0 aliphatic carbocycles. The molecule has 4 heteroatoms. The van der Waals surface area contributed by atoms with Crippen molar-refractivity contribution in [3.63, 3.8) is 0 Å². The van der Waals surface area contributed by atoms with Crippen molar-refractivity contribution >= 4 is 11.6 Å². The summed E-state index contributed by atoms with van der Waals surface area (Å²) in [6, 6.07) is 15.4. The van der Waals surface area contributed by atoms with Crippen molar-refractivity contribution < 1.29 is 8.78 Å². The van der Waals surface area contributed by atoms with Crippen LogP contribution in [0.3, 0.4) is 0 Å². The van der Waals surface area contributed by atoms with Crippen molar-refractivity contribution in [1.82, 2.24) is 5.32 Å². The van der Waals surface area contributed by atoms with E-state index in [9.17, 15) is 8.78 Å². The van der Waals surface area contributed by atoms with Gasteiger partial charge in [-0.2, -0.15) is 8.78 Å². The second kappa shape index (κ2) is 6.82. The SMILES string of the molecule is FC(F)(CNCc1ccc(CCl)cc1)c1ccccc1. The summed E-state index contributed by atoms with van der Waals surface area (Å²) in [5, 5.41) is 2.79. The highest BCUT2D eigenvalue weighted by molar-refractivity contribution is 6.17. The summed E-state index contributed by atoms with van der Waals surface area (Å²) in [5.41, 5.74) is 2.01. The lowest BCUT2D eigenvalue weighted by Crippen LogP contribution is -2.30. The summed E-state index contributed by atoms with van der Waals surface area (Å²) < 4.78 is 27.8. The molecule has 0 amide bonds. The fourth-order valence-electron chi connectivity index (χ4n) is 1.89. The monoisotopic (exact) mass is 295 g/mol. The summed E-state index contributed by atoms with van der Waals surface area (Å²) in [4.78, 5) is 0. The van der Waals surface area contributed by atoms with Crippen molar-refractivity contribution in [1.29, 1.82) is 0 Å². The van der Waals surface area contributed by atoms with Gasteiger partial charge >= 0.3 is 0 Å². The molecule has 20 heavy (non-hydrogen) atoms. The first kappa shape index (κ1) is 14.9. The Bertz CT molecular complexity index is 526. The highest BCUT2D eigenvalue weighted by atomic mass is 35.5. The third-order valence-electron chi connectivity index (χ3n) is 3.05. The van der Waals surface area contributed by atoms with Crippen LogP contribution < -0.4 is 5.32 Å². The molecule has 1 N–H and O–H groups in total. The Hall–Kier alpha value is -1.45. The topological polar surface area (TPSA) is 12.0 Å². The normalized spacial score (nSPS) is 11.6. The van der Waals surface area contributed by atoms with E-state index in [1.807, 2.05) is 24.3 Å². The van der Waals surface area contributed by atoms with Crippen LogP contribution in [0.5, 0.6) is 0 Å². The zero-order valence-electron chi connectivity index (χ0n) is 11.0. The molecule has 1 nitrogen and oxygen atoms in total. The number of halogens is 3. The minimum absolute atomic E-state index is 0.0324. The molecule has 0 saturated carbocycles. The quantitative estimate of drug-likeness (QED) is 0.783. The molecule has 0 atom stereocenters. The van der Waals surface area contributed by atoms with Crippen LogP contribution in [0, 0.1) is 0 Å². The third-order valence-corrected chi connectivity index (χ3v) is 3.36. The number of rotatable bonds is 6. The maximum absolute atomic E-state index is 13.9. The lowest BCUT2D eigenvalue weighted by molar-refractivity contribution is -0.00343. The lowest BCUT2D eigenvalue weighted by Gasteiger charge is -2.17. The minimum Gasteiger partial charge on any atom is -0.307 e. The number of benzene rings is 2. The standard InChI is InChI=1S/C16H16ClF2N/c17-10-13-6-8-14(9-7-13)11-20-12-16(18,19)15-4-2-1-3-5-15/h1-9,20H,10-12H2. The zero-order valence-corrected chi connectivity index (χ0v) is 11.7. The van der Waals surface area contributed by atoms with E-state index in [0.717, 1.165) is 11.1 Å². The molecule has 2 aromatic rings. The Kier molecular flexibility index (Phi) is 5.10. The van der Waals surface area contributed by atoms with Crippen LogP contribution in [0.2, 0.25) is 0 Å². The summed E-state index contributed by atoms with van der Waals surface area (Å²) in [5.74, 6) is -2.41. The van der Waals surface area contributed by atoms with E-state index in [1.54, 1.807) is 18.2 Å². The molecule has 0 spiro atoms. The van der Waals surface area contributed by atoms with Crippen LogP contribution in [-0.4, -0.2) is 6.54 Å². The van der Waals surface area contributed by atoms with Crippen molar-refractivity contribution in [2.75, 3.05) is 6.54 Å².